The lowest BCUT2D eigenvalue weighted by molar-refractivity contribution is 0.667. The maximum Gasteiger partial charge on any atom is 0.180 e. The van der Waals surface area contributed by atoms with Gasteiger partial charge in [0.2, 0.25) is 0 Å². The zero-order valence-electron chi connectivity index (χ0n) is 23.9. The average Bonchev–Trinajstić information content (AvgIpc) is 3.78. The van der Waals surface area contributed by atoms with Crippen LogP contribution in [0.1, 0.15) is 0 Å². The van der Waals surface area contributed by atoms with E-state index in [1.54, 1.807) is 0 Å². The van der Waals surface area contributed by atoms with Crippen LogP contribution in [0.15, 0.2) is 148 Å². The van der Waals surface area contributed by atoms with E-state index >= 15 is 0 Å². The van der Waals surface area contributed by atoms with Crippen molar-refractivity contribution in [1.82, 2.24) is 14.5 Å². The Labute approximate surface area is 256 Å². The first-order chi connectivity index (χ1) is 22.3. The molecule has 45 heavy (non-hydrogen) atoms. The van der Waals surface area contributed by atoms with Gasteiger partial charge in [-0.1, -0.05) is 103 Å². The quantitative estimate of drug-likeness (QED) is 0.210. The number of fused-ring (bicyclic) bond motifs is 10. The van der Waals surface area contributed by atoms with Gasteiger partial charge in [-0.25, -0.2) is 9.97 Å². The fourth-order valence-electron chi connectivity index (χ4n) is 6.84. The molecule has 0 aliphatic carbocycles. The summed E-state index contributed by atoms with van der Waals surface area (Å²) in [5.74, 6) is 0.654. The summed E-state index contributed by atoms with van der Waals surface area (Å²) in [6, 6.07) is 47.8. The molecule has 0 amide bonds. The van der Waals surface area contributed by atoms with Crippen LogP contribution in [-0.2, 0) is 0 Å². The van der Waals surface area contributed by atoms with E-state index in [4.69, 9.17) is 18.8 Å². The van der Waals surface area contributed by atoms with Crippen LogP contribution in [-0.4, -0.2) is 14.5 Å². The maximum atomic E-state index is 6.63. The Bertz CT molecular complexity index is 2770. The fourth-order valence-corrected chi connectivity index (χ4v) is 6.84. The molecule has 0 spiro atoms. The second kappa shape index (κ2) is 9.15. The van der Waals surface area contributed by atoms with E-state index in [1.165, 1.54) is 0 Å². The summed E-state index contributed by atoms with van der Waals surface area (Å²) in [5, 5.41) is 5.45. The van der Waals surface area contributed by atoms with Gasteiger partial charge in [0.05, 0.1) is 16.7 Å². The molecule has 0 aliphatic rings. The van der Waals surface area contributed by atoms with Gasteiger partial charge in [0.25, 0.3) is 0 Å². The third kappa shape index (κ3) is 3.43. The molecule has 0 saturated heterocycles. The normalized spacial score (nSPS) is 12.0. The van der Waals surface area contributed by atoms with Gasteiger partial charge < -0.3 is 13.4 Å². The van der Waals surface area contributed by atoms with Crippen LogP contribution < -0.4 is 0 Å². The number of benzene rings is 6. The second-order valence-electron chi connectivity index (χ2n) is 11.3. The molecule has 5 heteroatoms. The van der Waals surface area contributed by atoms with Crippen molar-refractivity contribution >= 4 is 65.8 Å². The van der Waals surface area contributed by atoms with Crippen molar-refractivity contribution in [2.45, 2.75) is 0 Å². The van der Waals surface area contributed by atoms with Gasteiger partial charge in [-0.15, -0.1) is 0 Å². The van der Waals surface area contributed by atoms with Gasteiger partial charge in [-0.2, -0.15) is 0 Å². The Morgan fingerprint density at radius 3 is 1.98 bits per heavy atom. The predicted octanol–water partition coefficient (Wildman–Crippen LogP) is 10.7. The molecular weight excluding hydrogens is 554 g/mol. The highest BCUT2D eigenvalue weighted by molar-refractivity contribution is 6.21. The Morgan fingerprint density at radius 1 is 0.467 bits per heavy atom. The highest BCUT2D eigenvalue weighted by atomic mass is 16.3. The van der Waals surface area contributed by atoms with Crippen LogP contribution in [0.3, 0.4) is 0 Å². The van der Waals surface area contributed by atoms with Crippen LogP contribution in [0.25, 0.3) is 94.1 Å². The Balaban J connectivity index is 1.36. The molecule has 4 heterocycles. The number of furan rings is 2. The van der Waals surface area contributed by atoms with Crippen molar-refractivity contribution < 1.29 is 8.83 Å². The summed E-state index contributed by atoms with van der Waals surface area (Å²) in [7, 11) is 0. The Kier molecular flexibility index (Phi) is 4.93. The van der Waals surface area contributed by atoms with Crippen LogP contribution in [0.2, 0.25) is 0 Å². The third-order valence-electron chi connectivity index (χ3n) is 8.83. The number of rotatable bonds is 3. The molecule has 6 aromatic carbocycles. The van der Waals surface area contributed by atoms with E-state index in [-0.39, 0.29) is 0 Å². The lowest BCUT2D eigenvalue weighted by Crippen LogP contribution is -2.00. The lowest BCUT2D eigenvalue weighted by Gasteiger charge is -2.14. The molecule has 4 aromatic heterocycles. The van der Waals surface area contributed by atoms with Gasteiger partial charge in [-0.05, 0) is 36.4 Å². The molecule has 0 unspecified atom stereocenters. The summed E-state index contributed by atoms with van der Waals surface area (Å²) < 4.78 is 15.5. The summed E-state index contributed by atoms with van der Waals surface area (Å²) in [6.45, 7) is 0. The highest BCUT2D eigenvalue weighted by Crippen LogP contribution is 2.43. The van der Waals surface area contributed by atoms with Crippen LogP contribution in [0.4, 0.5) is 0 Å². The zero-order valence-corrected chi connectivity index (χ0v) is 23.9. The number of para-hydroxylation sites is 4. The zero-order chi connectivity index (χ0) is 29.5. The van der Waals surface area contributed by atoms with Crippen molar-refractivity contribution in [2.75, 3.05) is 0 Å². The molecule has 0 N–H and O–H groups in total. The van der Waals surface area contributed by atoms with Crippen molar-refractivity contribution in [3.05, 3.63) is 140 Å². The summed E-state index contributed by atoms with van der Waals surface area (Å²) >= 11 is 0. The molecule has 10 rings (SSSR count). The lowest BCUT2D eigenvalue weighted by atomic mass is 10.1. The minimum atomic E-state index is 0.654. The SMILES string of the molecule is c1ccc(-c2nc(-c3ccccc3-n3c4ccccc4c4ccc5c6ccccc6oc5c43)c3oc4ccccc4c3n2)cc1. The van der Waals surface area contributed by atoms with Crippen LogP contribution in [0.5, 0.6) is 0 Å². The largest absolute Gasteiger partial charge is 0.454 e. The Hall–Kier alpha value is -6.20. The van der Waals surface area contributed by atoms with Gasteiger partial charge in [-0.3, -0.25) is 0 Å². The van der Waals surface area contributed by atoms with Gasteiger partial charge >= 0.3 is 0 Å². The molecule has 0 atom stereocenters. The predicted molar refractivity (Wildman–Crippen MR) is 182 cm³/mol. The van der Waals surface area contributed by atoms with E-state index in [0.717, 1.165) is 82.7 Å². The number of aromatic nitrogens is 3. The van der Waals surface area contributed by atoms with Crippen molar-refractivity contribution in [3.63, 3.8) is 0 Å². The number of hydrogen-bond acceptors (Lipinski definition) is 4. The average molecular weight is 578 g/mol. The Morgan fingerprint density at radius 2 is 1.11 bits per heavy atom. The summed E-state index contributed by atoms with van der Waals surface area (Å²) in [6.07, 6.45) is 0. The van der Waals surface area contributed by atoms with Crippen molar-refractivity contribution in [3.8, 4) is 28.3 Å². The maximum absolute atomic E-state index is 6.63. The molecule has 210 valence electrons. The van der Waals surface area contributed by atoms with E-state index in [1.807, 2.05) is 60.7 Å². The van der Waals surface area contributed by atoms with E-state index in [2.05, 4.69) is 83.4 Å². The molecule has 5 nitrogen and oxygen atoms in total. The van der Waals surface area contributed by atoms with Gasteiger partial charge in [0.1, 0.15) is 22.4 Å². The number of nitrogens with zero attached hydrogens (tertiary/aromatic N) is 3. The van der Waals surface area contributed by atoms with Gasteiger partial charge in [0, 0.05) is 38.1 Å². The smallest absolute Gasteiger partial charge is 0.180 e. The molecule has 10 aromatic rings. The van der Waals surface area contributed by atoms with E-state index < -0.39 is 0 Å². The van der Waals surface area contributed by atoms with Crippen molar-refractivity contribution in [2.24, 2.45) is 0 Å². The second-order valence-corrected chi connectivity index (χ2v) is 11.3. The standard InChI is InChI=1S/C40H23N3O2/c1-2-12-24(13-3-1)40-41-35(39-36(42-40)30-17-7-11-21-34(30)45-39)29-16-5-9-19-32(29)43-31-18-8-4-14-25(31)27-22-23-28-26-15-6-10-20-33(26)44-38(28)37(27)43/h1-23H. The van der Waals surface area contributed by atoms with E-state index in [9.17, 15) is 0 Å². The number of hydrogen-bond donors (Lipinski definition) is 0. The topological polar surface area (TPSA) is 57.0 Å². The molecule has 0 fully saturated rings. The third-order valence-corrected chi connectivity index (χ3v) is 8.83. The first kappa shape index (κ1) is 24.3. The molecule has 0 radical (unpaired) electrons. The van der Waals surface area contributed by atoms with Crippen LogP contribution >= 0.6 is 0 Å². The molecular formula is C40H23N3O2. The van der Waals surface area contributed by atoms with Crippen LogP contribution in [0, 0.1) is 0 Å². The molecule has 0 bridgehead atoms. The summed E-state index contributed by atoms with van der Waals surface area (Å²) in [5.41, 5.74) is 9.71. The minimum Gasteiger partial charge on any atom is -0.454 e. The van der Waals surface area contributed by atoms with Gasteiger partial charge in [0.15, 0.2) is 17.0 Å². The molecule has 0 saturated carbocycles. The van der Waals surface area contributed by atoms with E-state index in [0.29, 0.717) is 11.4 Å². The monoisotopic (exact) mass is 577 g/mol. The first-order valence-electron chi connectivity index (χ1n) is 15.0. The first-order valence-corrected chi connectivity index (χ1v) is 15.0. The molecule has 0 aliphatic heterocycles. The minimum absolute atomic E-state index is 0.654. The van der Waals surface area contributed by atoms with Crippen molar-refractivity contribution in [1.29, 1.82) is 0 Å². The highest BCUT2D eigenvalue weighted by Gasteiger charge is 2.24. The fraction of sp³-hybridized carbons (Fsp3) is 0. The summed E-state index contributed by atoms with van der Waals surface area (Å²) in [4.78, 5) is 10.3.